The lowest BCUT2D eigenvalue weighted by Crippen LogP contribution is -2.55. The molecule has 25 heavy (non-hydrogen) atoms. The summed E-state index contributed by atoms with van der Waals surface area (Å²) in [4.78, 5) is 9.62. The topological polar surface area (TPSA) is 56.0 Å². The fourth-order valence-corrected chi connectivity index (χ4v) is 3.04. The second-order valence-electron chi connectivity index (χ2n) is 6.81. The minimum absolute atomic E-state index is 0. The van der Waals surface area contributed by atoms with E-state index in [4.69, 9.17) is 4.42 Å². The number of rotatable bonds is 7. The van der Waals surface area contributed by atoms with Crippen LogP contribution in [0, 0.1) is 5.92 Å². The SMILES string of the molecule is CCNC(=NCc1ccco1)NCC(C(C)C)N1CCN(C)CC1.I. The molecule has 2 rings (SSSR count). The van der Waals surface area contributed by atoms with Gasteiger partial charge in [-0.3, -0.25) is 4.90 Å². The summed E-state index contributed by atoms with van der Waals surface area (Å²) in [7, 11) is 2.20. The van der Waals surface area contributed by atoms with Gasteiger partial charge in [0.15, 0.2) is 5.96 Å². The number of guanidine groups is 1. The van der Waals surface area contributed by atoms with Crippen LogP contribution in [-0.4, -0.2) is 68.1 Å². The molecule has 2 heterocycles. The van der Waals surface area contributed by atoms with Crippen molar-refractivity contribution in [1.29, 1.82) is 0 Å². The number of nitrogens with zero attached hydrogens (tertiary/aromatic N) is 3. The Morgan fingerprint density at radius 2 is 1.96 bits per heavy atom. The van der Waals surface area contributed by atoms with Crippen molar-refractivity contribution in [3.63, 3.8) is 0 Å². The lowest BCUT2D eigenvalue weighted by molar-refractivity contribution is 0.0900. The Morgan fingerprint density at radius 1 is 1.24 bits per heavy atom. The van der Waals surface area contributed by atoms with Crippen LogP contribution >= 0.6 is 24.0 Å². The Kier molecular flexibility index (Phi) is 10.4. The zero-order chi connectivity index (χ0) is 17.4. The van der Waals surface area contributed by atoms with Gasteiger partial charge in [-0.25, -0.2) is 4.99 Å². The van der Waals surface area contributed by atoms with Crippen LogP contribution in [0.4, 0.5) is 0 Å². The van der Waals surface area contributed by atoms with E-state index in [0.717, 1.165) is 51.0 Å². The van der Waals surface area contributed by atoms with Gasteiger partial charge >= 0.3 is 0 Å². The number of hydrogen-bond acceptors (Lipinski definition) is 4. The number of aliphatic imine (C=N–C) groups is 1. The summed E-state index contributed by atoms with van der Waals surface area (Å²) >= 11 is 0. The normalized spacial score (nSPS) is 18.0. The molecule has 6 nitrogen and oxygen atoms in total. The summed E-state index contributed by atoms with van der Waals surface area (Å²) in [6.07, 6.45) is 1.69. The molecule has 2 N–H and O–H groups in total. The number of halogens is 1. The first kappa shape index (κ1) is 22.2. The van der Waals surface area contributed by atoms with Crippen LogP contribution in [0.25, 0.3) is 0 Å². The average Bonchev–Trinajstić information content (AvgIpc) is 3.07. The fraction of sp³-hybridized carbons (Fsp3) is 0.722. The fourth-order valence-electron chi connectivity index (χ4n) is 3.04. The van der Waals surface area contributed by atoms with E-state index in [2.05, 4.69) is 53.2 Å². The number of furan rings is 1. The van der Waals surface area contributed by atoms with Gasteiger partial charge in [0.2, 0.25) is 0 Å². The van der Waals surface area contributed by atoms with Crippen LogP contribution < -0.4 is 10.6 Å². The van der Waals surface area contributed by atoms with E-state index in [9.17, 15) is 0 Å². The van der Waals surface area contributed by atoms with Crippen molar-refractivity contribution in [3.05, 3.63) is 24.2 Å². The smallest absolute Gasteiger partial charge is 0.191 e. The van der Waals surface area contributed by atoms with Crippen molar-refractivity contribution in [1.82, 2.24) is 20.4 Å². The zero-order valence-electron chi connectivity index (χ0n) is 16.0. The first-order valence-electron chi connectivity index (χ1n) is 9.07. The van der Waals surface area contributed by atoms with Gasteiger partial charge < -0.3 is 20.0 Å². The van der Waals surface area contributed by atoms with Gasteiger partial charge in [0.1, 0.15) is 12.3 Å². The molecule has 1 unspecified atom stereocenters. The Balaban J connectivity index is 0.00000312. The van der Waals surface area contributed by atoms with Crippen molar-refractivity contribution in [2.45, 2.75) is 33.4 Å². The molecule has 0 bridgehead atoms. The Bertz CT molecular complexity index is 484. The molecular weight excluding hydrogens is 429 g/mol. The van der Waals surface area contributed by atoms with Crippen molar-refractivity contribution in [2.75, 3.05) is 46.3 Å². The number of likely N-dealkylation sites (N-methyl/N-ethyl adjacent to an activating group) is 1. The second-order valence-corrected chi connectivity index (χ2v) is 6.81. The van der Waals surface area contributed by atoms with E-state index >= 15 is 0 Å². The highest BCUT2D eigenvalue weighted by Gasteiger charge is 2.25. The first-order valence-corrected chi connectivity index (χ1v) is 9.07. The summed E-state index contributed by atoms with van der Waals surface area (Å²) in [6, 6.07) is 4.37. The quantitative estimate of drug-likeness (QED) is 0.369. The standard InChI is InChI=1S/C18H33N5O.HI/c1-5-19-18(20-13-16-7-6-12-24-16)21-14-17(15(2)3)23-10-8-22(4)9-11-23;/h6-7,12,15,17H,5,8-11,13-14H2,1-4H3,(H2,19,20,21);1H. The molecule has 1 aromatic rings. The molecule has 1 saturated heterocycles. The van der Waals surface area contributed by atoms with E-state index in [-0.39, 0.29) is 24.0 Å². The van der Waals surface area contributed by atoms with Gasteiger partial charge in [-0.05, 0) is 32.0 Å². The molecule has 1 fully saturated rings. The number of nitrogens with one attached hydrogen (secondary N) is 2. The van der Waals surface area contributed by atoms with Crippen LogP contribution in [0.1, 0.15) is 26.5 Å². The molecule has 1 aromatic heterocycles. The molecule has 7 heteroatoms. The maximum Gasteiger partial charge on any atom is 0.191 e. The van der Waals surface area contributed by atoms with Gasteiger partial charge in [-0.1, -0.05) is 13.8 Å². The van der Waals surface area contributed by atoms with E-state index in [1.165, 1.54) is 0 Å². The average molecular weight is 463 g/mol. The molecule has 0 aliphatic carbocycles. The van der Waals surface area contributed by atoms with Gasteiger partial charge in [0.05, 0.1) is 6.26 Å². The van der Waals surface area contributed by atoms with Crippen LogP contribution in [0.15, 0.2) is 27.8 Å². The molecule has 1 aliphatic heterocycles. The van der Waals surface area contributed by atoms with Crippen molar-refractivity contribution in [3.8, 4) is 0 Å². The molecule has 0 spiro atoms. The molecule has 0 saturated carbocycles. The predicted molar refractivity (Wildman–Crippen MR) is 115 cm³/mol. The predicted octanol–water partition coefficient (Wildman–Crippen LogP) is 2.22. The Hall–Kier alpha value is -0.800. The highest BCUT2D eigenvalue weighted by Crippen LogP contribution is 2.12. The lowest BCUT2D eigenvalue weighted by atomic mass is 10.0. The molecule has 0 amide bonds. The van der Waals surface area contributed by atoms with Crippen molar-refractivity contribution in [2.24, 2.45) is 10.9 Å². The minimum Gasteiger partial charge on any atom is -0.467 e. The Morgan fingerprint density at radius 3 is 2.52 bits per heavy atom. The third kappa shape index (κ3) is 7.53. The van der Waals surface area contributed by atoms with E-state index < -0.39 is 0 Å². The lowest BCUT2D eigenvalue weighted by Gasteiger charge is -2.40. The third-order valence-corrected chi connectivity index (χ3v) is 4.57. The van der Waals surface area contributed by atoms with Gasteiger partial charge in [-0.2, -0.15) is 0 Å². The first-order chi connectivity index (χ1) is 11.6. The summed E-state index contributed by atoms with van der Waals surface area (Å²) in [6.45, 7) is 13.6. The molecule has 0 aromatic carbocycles. The molecular formula is C18H34IN5O. The van der Waals surface area contributed by atoms with Crippen LogP contribution in [0.3, 0.4) is 0 Å². The minimum atomic E-state index is 0. The number of piperazine rings is 1. The van der Waals surface area contributed by atoms with Gasteiger partial charge in [0, 0.05) is 45.3 Å². The van der Waals surface area contributed by atoms with Gasteiger partial charge in [0.25, 0.3) is 0 Å². The molecule has 144 valence electrons. The maximum absolute atomic E-state index is 5.36. The molecule has 1 atom stereocenters. The van der Waals surface area contributed by atoms with Crippen LogP contribution in [0.5, 0.6) is 0 Å². The summed E-state index contributed by atoms with van der Waals surface area (Å²) in [5.41, 5.74) is 0. The maximum atomic E-state index is 5.36. The molecule has 1 aliphatic rings. The van der Waals surface area contributed by atoms with Crippen molar-refractivity contribution < 1.29 is 4.42 Å². The van der Waals surface area contributed by atoms with Crippen molar-refractivity contribution >= 4 is 29.9 Å². The molecule has 0 radical (unpaired) electrons. The van der Waals surface area contributed by atoms with E-state index in [1.807, 2.05) is 12.1 Å². The third-order valence-electron chi connectivity index (χ3n) is 4.57. The van der Waals surface area contributed by atoms with Gasteiger partial charge in [-0.15, -0.1) is 24.0 Å². The second kappa shape index (κ2) is 11.7. The van der Waals surface area contributed by atoms with E-state index in [0.29, 0.717) is 18.5 Å². The highest BCUT2D eigenvalue weighted by atomic mass is 127. The number of hydrogen-bond donors (Lipinski definition) is 2. The zero-order valence-corrected chi connectivity index (χ0v) is 18.3. The summed E-state index contributed by atoms with van der Waals surface area (Å²) in [5.74, 6) is 2.34. The summed E-state index contributed by atoms with van der Waals surface area (Å²) < 4.78 is 5.36. The van der Waals surface area contributed by atoms with E-state index in [1.54, 1.807) is 6.26 Å². The summed E-state index contributed by atoms with van der Waals surface area (Å²) in [5, 5.41) is 6.83. The Labute approximate surface area is 169 Å². The monoisotopic (exact) mass is 463 g/mol. The highest BCUT2D eigenvalue weighted by molar-refractivity contribution is 14.0. The van der Waals surface area contributed by atoms with Crippen LogP contribution in [-0.2, 0) is 6.54 Å². The largest absolute Gasteiger partial charge is 0.467 e. The van der Waals surface area contributed by atoms with Crippen LogP contribution in [0.2, 0.25) is 0 Å².